The fourth-order valence-corrected chi connectivity index (χ4v) is 2.69. The molecule has 0 amide bonds. The van der Waals surface area contributed by atoms with Crippen LogP contribution >= 0.6 is 0 Å². The van der Waals surface area contributed by atoms with Gasteiger partial charge in [-0.1, -0.05) is 12.1 Å². The van der Waals surface area contributed by atoms with Gasteiger partial charge >= 0.3 is 12.4 Å². The molecule has 1 aromatic heterocycles. The number of benzene rings is 2. The van der Waals surface area contributed by atoms with Crippen molar-refractivity contribution in [2.24, 2.45) is 0 Å². The van der Waals surface area contributed by atoms with Crippen molar-refractivity contribution in [2.75, 3.05) is 0 Å². The molecule has 2 nitrogen and oxygen atoms in total. The molecule has 0 aliphatic heterocycles. The van der Waals surface area contributed by atoms with Gasteiger partial charge in [-0.25, -0.2) is 0 Å². The lowest BCUT2D eigenvalue weighted by Gasteiger charge is -2.17. The Kier molecular flexibility index (Phi) is 3.58. The minimum atomic E-state index is -4.67. The summed E-state index contributed by atoms with van der Waals surface area (Å²) >= 11 is 0. The molecule has 0 atom stereocenters. The lowest BCUT2D eigenvalue weighted by atomic mass is 9.92. The first-order chi connectivity index (χ1) is 11.1. The van der Waals surface area contributed by atoms with Gasteiger partial charge in [0, 0.05) is 5.39 Å². The number of aromatic amines is 1. The summed E-state index contributed by atoms with van der Waals surface area (Å²) in [6, 6.07) is 5.34. The number of rotatable bonds is 1. The van der Waals surface area contributed by atoms with Gasteiger partial charge in [-0.3, -0.25) is 5.10 Å². The highest BCUT2D eigenvalue weighted by Crippen LogP contribution is 2.43. The molecule has 1 N–H and O–H groups in total. The quantitative estimate of drug-likeness (QED) is 0.574. The molecule has 0 saturated heterocycles. The van der Waals surface area contributed by atoms with Crippen molar-refractivity contribution in [1.29, 1.82) is 0 Å². The van der Waals surface area contributed by atoms with Crippen LogP contribution < -0.4 is 0 Å². The molecule has 1 heterocycles. The number of aromatic nitrogens is 2. The van der Waals surface area contributed by atoms with Crippen LogP contribution in [0.15, 0.2) is 36.5 Å². The molecule has 0 fully saturated rings. The minimum Gasteiger partial charge on any atom is -0.278 e. The Labute approximate surface area is 132 Å². The van der Waals surface area contributed by atoms with E-state index in [0.29, 0.717) is 0 Å². The van der Waals surface area contributed by atoms with E-state index < -0.39 is 23.5 Å². The normalized spacial score (nSPS) is 12.8. The number of nitrogens with one attached hydrogen (secondary N) is 1. The molecule has 0 aliphatic rings. The Morgan fingerprint density at radius 1 is 0.875 bits per heavy atom. The summed E-state index contributed by atoms with van der Waals surface area (Å²) in [6.07, 6.45) is -8.17. The van der Waals surface area contributed by atoms with Gasteiger partial charge in [-0.2, -0.15) is 31.4 Å². The van der Waals surface area contributed by atoms with Gasteiger partial charge in [0.05, 0.1) is 22.8 Å². The second-order valence-corrected chi connectivity index (χ2v) is 5.34. The predicted octanol–water partition coefficient (Wildman–Crippen LogP) is 5.58. The number of hydrogen-bond acceptors (Lipinski definition) is 1. The van der Waals surface area contributed by atoms with Crippen LogP contribution in [0.2, 0.25) is 0 Å². The van der Waals surface area contributed by atoms with Crippen molar-refractivity contribution < 1.29 is 26.3 Å². The highest BCUT2D eigenvalue weighted by Gasteiger charge is 2.37. The standard InChI is InChI=1S/C16H10F6N2/c1-8-6-9(15(17,18)19)2-3-10(8)11-4-5-13-12(7-23-24-13)14(11)16(20,21)22/h2-7H,1H3,(H,23,24). The van der Waals surface area contributed by atoms with Crippen molar-refractivity contribution in [3.05, 3.63) is 53.2 Å². The fraction of sp³-hybridized carbons (Fsp3) is 0.188. The van der Waals surface area contributed by atoms with Crippen LogP contribution in [0, 0.1) is 6.92 Å². The van der Waals surface area contributed by atoms with Gasteiger partial charge in [0.2, 0.25) is 0 Å². The summed E-state index contributed by atoms with van der Waals surface area (Å²) in [5, 5.41) is 5.94. The molecule has 0 saturated carbocycles. The second-order valence-electron chi connectivity index (χ2n) is 5.34. The van der Waals surface area contributed by atoms with Crippen LogP contribution in [-0.2, 0) is 12.4 Å². The molecule has 0 spiro atoms. The van der Waals surface area contributed by atoms with E-state index in [4.69, 9.17) is 0 Å². The van der Waals surface area contributed by atoms with E-state index in [2.05, 4.69) is 10.2 Å². The molecular weight excluding hydrogens is 334 g/mol. The van der Waals surface area contributed by atoms with Crippen LogP contribution in [0.25, 0.3) is 22.0 Å². The summed E-state index contributed by atoms with van der Waals surface area (Å²) in [4.78, 5) is 0. The maximum atomic E-state index is 13.5. The maximum absolute atomic E-state index is 13.5. The number of H-pyrrole nitrogens is 1. The first kappa shape index (κ1) is 16.4. The third-order valence-corrected chi connectivity index (χ3v) is 3.75. The van der Waals surface area contributed by atoms with Crippen LogP contribution in [0.5, 0.6) is 0 Å². The summed E-state index contributed by atoms with van der Waals surface area (Å²) in [5.74, 6) is 0. The lowest BCUT2D eigenvalue weighted by molar-refractivity contribution is -0.138. The van der Waals surface area contributed by atoms with E-state index in [1.54, 1.807) is 0 Å². The SMILES string of the molecule is Cc1cc(C(F)(F)F)ccc1-c1ccc2[nH]ncc2c1C(F)(F)F. The van der Waals surface area contributed by atoms with Crippen LogP contribution in [0.4, 0.5) is 26.3 Å². The number of fused-ring (bicyclic) bond motifs is 1. The van der Waals surface area contributed by atoms with Gasteiger partial charge in [0.1, 0.15) is 0 Å². The van der Waals surface area contributed by atoms with E-state index >= 15 is 0 Å². The molecule has 3 aromatic rings. The largest absolute Gasteiger partial charge is 0.417 e. The highest BCUT2D eigenvalue weighted by molar-refractivity contribution is 5.90. The second kappa shape index (κ2) is 5.25. The molecule has 0 radical (unpaired) electrons. The molecule has 0 unspecified atom stereocenters. The highest BCUT2D eigenvalue weighted by atomic mass is 19.4. The first-order valence-electron chi connectivity index (χ1n) is 6.80. The average Bonchev–Trinajstić information content (AvgIpc) is 2.92. The lowest BCUT2D eigenvalue weighted by Crippen LogP contribution is -2.09. The zero-order valence-corrected chi connectivity index (χ0v) is 12.2. The van der Waals surface area contributed by atoms with E-state index in [1.807, 2.05) is 0 Å². The van der Waals surface area contributed by atoms with E-state index in [-0.39, 0.29) is 27.6 Å². The van der Waals surface area contributed by atoms with Crippen molar-refractivity contribution >= 4 is 10.9 Å². The number of alkyl halides is 6. The molecule has 0 aliphatic carbocycles. The monoisotopic (exact) mass is 344 g/mol. The Hall–Kier alpha value is -2.51. The summed E-state index contributed by atoms with van der Waals surface area (Å²) in [7, 11) is 0. The van der Waals surface area contributed by atoms with Crippen molar-refractivity contribution in [3.63, 3.8) is 0 Å². The van der Waals surface area contributed by atoms with Gasteiger partial charge in [-0.05, 0) is 41.8 Å². The predicted molar refractivity (Wildman–Crippen MR) is 76.3 cm³/mol. The van der Waals surface area contributed by atoms with Crippen LogP contribution in [0.3, 0.4) is 0 Å². The minimum absolute atomic E-state index is 0.0958. The van der Waals surface area contributed by atoms with E-state index in [9.17, 15) is 26.3 Å². The van der Waals surface area contributed by atoms with E-state index in [0.717, 1.165) is 24.4 Å². The van der Waals surface area contributed by atoms with Crippen LogP contribution in [-0.4, -0.2) is 10.2 Å². The number of hydrogen-bond donors (Lipinski definition) is 1. The molecular formula is C16H10F6N2. The van der Waals surface area contributed by atoms with Gasteiger partial charge in [0.15, 0.2) is 0 Å². The topological polar surface area (TPSA) is 28.7 Å². The first-order valence-corrected chi connectivity index (χ1v) is 6.80. The Balaban J connectivity index is 2.27. The fourth-order valence-electron chi connectivity index (χ4n) is 2.69. The average molecular weight is 344 g/mol. The molecule has 2 aromatic carbocycles. The van der Waals surface area contributed by atoms with Gasteiger partial charge in [-0.15, -0.1) is 0 Å². The van der Waals surface area contributed by atoms with Gasteiger partial charge in [0.25, 0.3) is 0 Å². The summed E-state index contributed by atoms with van der Waals surface area (Å²) < 4.78 is 78.8. The third-order valence-electron chi connectivity index (χ3n) is 3.75. The van der Waals surface area contributed by atoms with Crippen LogP contribution in [0.1, 0.15) is 16.7 Å². The van der Waals surface area contributed by atoms with E-state index in [1.165, 1.54) is 19.1 Å². The maximum Gasteiger partial charge on any atom is 0.417 e. The Morgan fingerprint density at radius 2 is 1.54 bits per heavy atom. The molecule has 126 valence electrons. The smallest absolute Gasteiger partial charge is 0.278 e. The number of aryl methyl sites for hydroxylation is 1. The molecule has 24 heavy (non-hydrogen) atoms. The van der Waals surface area contributed by atoms with Crippen molar-refractivity contribution in [2.45, 2.75) is 19.3 Å². The molecule has 0 bridgehead atoms. The Morgan fingerprint density at radius 3 is 2.12 bits per heavy atom. The van der Waals surface area contributed by atoms with Crippen molar-refractivity contribution in [1.82, 2.24) is 10.2 Å². The summed E-state index contributed by atoms with van der Waals surface area (Å²) in [6.45, 7) is 1.35. The summed E-state index contributed by atoms with van der Waals surface area (Å²) in [5.41, 5.74) is -1.59. The number of halogens is 6. The molecule has 3 rings (SSSR count). The zero-order chi connectivity index (χ0) is 17.7. The molecule has 8 heteroatoms. The van der Waals surface area contributed by atoms with Gasteiger partial charge < -0.3 is 0 Å². The zero-order valence-electron chi connectivity index (χ0n) is 12.2. The third kappa shape index (κ3) is 2.72. The Bertz CT molecular complexity index is 905. The van der Waals surface area contributed by atoms with Crippen molar-refractivity contribution in [3.8, 4) is 11.1 Å². The number of nitrogens with zero attached hydrogens (tertiary/aromatic N) is 1.